The van der Waals surface area contributed by atoms with E-state index in [9.17, 15) is 9.90 Å². The Labute approximate surface area is 243 Å². The number of aliphatic hydroxyl groups is 1. The van der Waals surface area contributed by atoms with Crippen molar-refractivity contribution in [3.63, 3.8) is 0 Å². The monoisotopic (exact) mass is 564 g/mol. The molecule has 0 radical (unpaired) electrons. The maximum Gasteiger partial charge on any atom is 0.306 e. The van der Waals surface area contributed by atoms with Gasteiger partial charge in [-0.05, 0) is 104 Å². The minimum atomic E-state index is -1.86. The molecule has 0 unspecified atom stereocenters. The Bertz CT molecular complexity index is 1120. The normalized spacial score (nSPS) is 39.8. The molecule has 1 heterocycles. The van der Waals surface area contributed by atoms with Gasteiger partial charge in [-0.15, -0.1) is 0 Å². The fourth-order valence-corrected chi connectivity index (χ4v) is 9.66. The minimum absolute atomic E-state index is 0.0409. The predicted octanol–water partition coefficient (Wildman–Crippen LogP) is 8.18. The van der Waals surface area contributed by atoms with E-state index in [0.717, 1.165) is 49.7 Å². The largest absolute Gasteiger partial charge is 0.462 e. The number of rotatable bonds is 4. The van der Waals surface area contributed by atoms with Crippen LogP contribution in [0.1, 0.15) is 85.1 Å². The summed E-state index contributed by atoms with van der Waals surface area (Å²) >= 11 is 0. The van der Waals surface area contributed by atoms with Crippen LogP contribution < -0.4 is 0 Å². The van der Waals surface area contributed by atoms with Crippen molar-refractivity contribution in [3.05, 3.63) is 59.7 Å². The van der Waals surface area contributed by atoms with E-state index >= 15 is 0 Å². The second-order valence-corrected chi connectivity index (χ2v) is 19.5. The topological polar surface area (TPSA) is 55.8 Å². The zero-order chi connectivity index (χ0) is 28.9. The fourth-order valence-electron chi connectivity index (χ4n) is 8.28. The van der Waals surface area contributed by atoms with E-state index in [1.54, 1.807) is 0 Å². The van der Waals surface area contributed by atoms with Crippen molar-refractivity contribution in [2.24, 2.45) is 35.5 Å². The Morgan fingerprint density at radius 2 is 1.77 bits per heavy atom. The van der Waals surface area contributed by atoms with Crippen LogP contribution >= 0.6 is 0 Å². The molecule has 0 amide bonds. The summed E-state index contributed by atoms with van der Waals surface area (Å²) in [5.41, 5.74) is 0.861. The summed E-state index contributed by atoms with van der Waals surface area (Å²) in [6.45, 7) is 15.9. The molecule has 4 nitrogen and oxygen atoms in total. The average Bonchev–Trinajstić information content (AvgIpc) is 3.47. The summed E-state index contributed by atoms with van der Waals surface area (Å²) in [5.74, 6) is 1.67. The van der Waals surface area contributed by atoms with Crippen molar-refractivity contribution in [1.29, 1.82) is 0 Å². The number of carbonyl (C=O) groups is 1. The van der Waals surface area contributed by atoms with E-state index in [1.807, 2.05) is 18.2 Å². The third-order valence-electron chi connectivity index (χ3n) is 11.5. The third-order valence-corrected chi connectivity index (χ3v) is 16.0. The lowest BCUT2D eigenvalue weighted by molar-refractivity contribution is -0.152. The molecule has 1 aliphatic heterocycles. The van der Waals surface area contributed by atoms with Gasteiger partial charge in [-0.1, -0.05) is 76.3 Å². The fraction of sp³-hybridized carbons (Fsp3) is 0.686. The first kappa shape index (κ1) is 29.8. The lowest BCUT2D eigenvalue weighted by Crippen LogP contribution is -2.43. The Morgan fingerprint density at radius 3 is 2.45 bits per heavy atom. The van der Waals surface area contributed by atoms with E-state index < -0.39 is 13.9 Å². The van der Waals surface area contributed by atoms with Crippen molar-refractivity contribution in [3.8, 4) is 0 Å². The maximum absolute atomic E-state index is 13.4. The zero-order valence-corrected chi connectivity index (χ0v) is 26.9. The van der Waals surface area contributed by atoms with Crippen LogP contribution in [0.15, 0.2) is 54.1 Å². The molecule has 9 atom stereocenters. The van der Waals surface area contributed by atoms with Gasteiger partial charge in [0.2, 0.25) is 0 Å². The number of benzene rings is 1. The summed E-state index contributed by atoms with van der Waals surface area (Å²) in [7, 11) is -1.86. The van der Waals surface area contributed by atoms with Crippen LogP contribution in [0.5, 0.6) is 0 Å². The second kappa shape index (κ2) is 11.2. The Kier molecular flexibility index (Phi) is 8.33. The number of ether oxygens (including phenoxy) is 1. The van der Waals surface area contributed by atoms with Crippen molar-refractivity contribution in [2.45, 2.75) is 116 Å². The van der Waals surface area contributed by atoms with Gasteiger partial charge in [0.1, 0.15) is 11.7 Å². The lowest BCUT2D eigenvalue weighted by atomic mass is 9.69. The van der Waals surface area contributed by atoms with Gasteiger partial charge in [-0.2, -0.15) is 0 Å². The van der Waals surface area contributed by atoms with Crippen LogP contribution in [0.25, 0.3) is 0 Å². The molecule has 5 heteroatoms. The second-order valence-electron chi connectivity index (χ2n) is 14.8. The first-order chi connectivity index (χ1) is 18.8. The molecule has 4 aliphatic rings. The van der Waals surface area contributed by atoms with E-state index in [1.165, 1.54) is 0 Å². The van der Waals surface area contributed by atoms with E-state index in [0.29, 0.717) is 30.3 Å². The number of hydrogen-bond donors (Lipinski definition) is 1. The molecule has 0 spiro atoms. The number of carbonyl (C=O) groups excluding carboxylic acids is 1. The summed E-state index contributed by atoms with van der Waals surface area (Å²) in [4.78, 5) is 13.4. The maximum atomic E-state index is 13.4. The van der Waals surface area contributed by atoms with E-state index in [2.05, 4.69) is 78.1 Å². The highest BCUT2D eigenvalue weighted by atomic mass is 28.4. The SMILES string of the molecule is CC[C@@H]1CC/C=C(\C)[C@](O)(c2ccccc2)[C@@H]2C[C@@H]3[C@@H](C=C[C@@H]4C[C@@H](O[Si](C)(C)C(C)(C)C)C[C@@H]34)[C@@H]2CC(=O)O1. The standard InChI is InChI=1S/C35H52O4Si/c1-8-26-16-12-13-23(2)35(37,25-14-10-9-11-15-25)32-21-30-28(31(32)22-33(36)38-26)18-17-24-19-27(20-29(24)30)39-40(6,7)34(3,4)5/h9-11,13-15,17-18,24,26-32,37H,8,12,16,19-22H2,1-7H3/b23-13+/t24-,26-,27-,28-,29-,30-,31+,32-,35+/m1/s1. The quantitative estimate of drug-likeness (QED) is 0.228. The van der Waals surface area contributed by atoms with Gasteiger partial charge in [0.15, 0.2) is 8.32 Å². The highest BCUT2D eigenvalue weighted by molar-refractivity contribution is 6.74. The van der Waals surface area contributed by atoms with Crippen LogP contribution in [-0.2, 0) is 19.6 Å². The molecule has 5 rings (SSSR count). The minimum Gasteiger partial charge on any atom is -0.462 e. The average molecular weight is 565 g/mol. The number of fused-ring (bicyclic) bond motifs is 5. The molecule has 220 valence electrons. The Balaban J connectivity index is 1.50. The van der Waals surface area contributed by atoms with Crippen LogP contribution in [0, 0.1) is 35.5 Å². The van der Waals surface area contributed by atoms with Crippen molar-refractivity contribution in [2.75, 3.05) is 0 Å². The van der Waals surface area contributed by atoms with Crippen LogP contribution in [-0.4, -0.2) is 31.6 Å². The number of esters is 1. The molecule has 0 saturated heterocycles. The highest BCUT2D eigenvalue weighted by Crippen LogP contribution is 2.61. The number of allylic oxidation sites excluding steroid dienone is 3. The third kappa shape index (κ3) is 5.43. The Hall–Kier alpha value is -1.69. The van der Waals surface area contributed by atoms with Crippen LogP contribution in [0.2, 0.25) is 18.1 Å². The molecule has 40 heavy (non-hydrogen) atoms. The van der Waals surface area contributed by atoms with Crippen molar-refractivity contribution >= 4 is 14.3 Å². The first-order valence-corrected chi connectivity index (χ1v) is 18.8. The summed E-state index contributed by atoms with van der Waals surface area (Å²) in [5, 5.41) is 13.0. The zero-order valence-electron chi connectivity index (χ0n) is 25.9. The smallest absolute Gasteiger partial charge is 0.306 e. The molecule has 1 aromatic rings. The first-order valence-electron chi connectivity index (χ1n) is 15.9. The van der Waals surface area contributed by atoms with E-state index in [4.69, 9.17) is 9.16 Å². The van der Waals surface area contributed by atoms with Gasteiger partial charge < -0.3 is 14.3 Å². The summed E-state index contributed by atoms with van der Waals surface area (Å²) in [6.07, 6.45) is 13.2. The molecule has 2 saturated carbocycles. The number of cyclic esters (lactones) is 1. The number of hydrogen-bond acceptors (Lipinski definition) is 4. The van der Waals surface area contributed by atoms with Crippen molar-refractivity contribution in [1.82, 2.24) is 0 Å². The van der Waals surface area contributed by atoms with Gasteiger partial charge >= 0.3 is 5.97 Å². The summed E-state index contributed by atoms with van der Waals surface area (Å²) in [6, 6.07) is 10.2. The Morgan fingerprint density at radius 1 is 1.05 bits per heavy atom. The highest BCUT2D eigenvalue weighted by Gasteiger charge is 2.58. The van der Waals surface area contributed by atoms with Crippen LogP contribution in [0.4, 0.5) is 0 Å². The molecule has 3 aliphatic carbocycles. The molecular weight excluding hydrogens is 512 g/mol. The van der Waals surface area contributed by atoms with Gasteiger partial charge in [0, 0.05) is 18.4 Å². The van der Waals surface area contributed by atoms with E-state index in [-0.39, 0.29) is 34.9 Å². The molecule has 1 N–H and O–H groups in total. The summed E-state index contributed by atoms with van der Waals surface area (Å²) < 4.78 is 13.0. The molecular formula is C35H52O4Si. The van der Waals surface area contributed by atoms with Gasteiger partial charge in [-0.3, -0.25) is 4.79 Å². The van der Waals surface area contributed by atoms with Gasteiger partial charge in [-0.25, -0.2) is 0 Å². The molecule has 0 bridgehead atoms. The molecule has 1 aromatic carbocycles. The van der Waals surface area contributed by atoms with Crippen molar-refractivity contribution < 1.29 is 19.1 Å². The van der Waals surface area contributed by atoms with Gasteiger partial charge in [0.25, 0.3) is 0 Å². The van der Waals surface area contributed by atoms with Crippen LogP contribution in [0.3, 0.4) is 0 Å². The van der Waals surface area contributed by atoms with Gasteiger partial charge in [0.05, 0.1) is 0 Å². The lowest BCUT2D eigenvalue weighted by Gasteiger charge is -2.39. The predicted molar refractivity (Wildman–Crippen MR) is 164 cm³/mol. The molecule has 2 fully saturated rings. The molecule has 0 aromatic heterocycles.